The third-order valence-electron chi connectivity index (χ3n) is 3.54. The Morgan fingerprint density at radius 3 is 2.91 bits per heavy atom. The minimum atomic E-state index is -0.513. The lowest BCUT2D eigenvalue weighted by Crippen LogP contribution is -2.49. The van der Waals surface area contributed by atoms with E-state index in [1.54, 1.807) is 6.20 Å². The SMILES string of the molecule is CC1(C(=O)Nc2ncc(Cc3cc(F)ccc3F)s2)COC1. The second kappa shape index (κ2) is 5.73. The number of benzene rings is 1. The van der Waals surface area contributed by atoms with Gasteiger partial charge >= 0.3 is 0 Å². The molecule has 0 spiro atoms. The molecule has 1 aliphatic rings. The van der Waals surface area contributed by atoms with E-state index >= 15 is 0 Å². The van der Waals surface area contributed by atoms with Crippen molar-refractivity contribution in [1.29, 1.82) is 0 Å². The van der Waals surface area contributed by atoms with Crippen molar-refractivity contribution in [2.24, 2.45) is 5.41 Å². The highest BCUT2D eigenvalue weighted by molar-refractivity contribution is 7.15. The number of hydrogen-bond donors (Lipinski definition) is 1. The zero-order valence-corrected chi connectivity index (χ0v) is 12.7. The molecule has 0 aliphatic carbocycles. The third-order valence-corrected chi connectivity index (χ3v) is 4.45. The summed E-state index contributed by atoms with van der Waals surface area (Å²) in [6.07, 6.45) is 1.79. The number of ether oxygens (including phenoxy) is 1. The van der Waals surface area contributed by atoms with E-state index in [0.717, 1.165) is 17.0 Å². The van der Waals surface area contributed by atoms with Gasteiger partial charge in [0, 0.05) is 17.5 Å². The Hall–Kier alpha value is -1.86. The van der Waals surface area contributed by atoms with Gasteiger partial charge < -0.3 is 10.1 Å². The average Bonchev–Trinajstić information content (AvgIpc) is 2.87. The fourth-order valence-electron chi connectivity index (χ4n) is 2.10. The summed E-state index contributed by atoms with van der Waals surface area (Å²) in [6, 6.07) is 3.35. The van der Waals surface area contributed by atoms with E-state index in [9.17, 15) is 13.6 Å². The van der Waals surface area contributed by atoms with Crippen molar-refractivity contribution in [3.8, 4) is 0 Å². The second-order valence-corrected chi connectivity index (χ2v) is 6.67. The Kier molecular flexibility index (Phi) is 3.92. The van der Waals surface area contributed by atoms with Gasteiger partial charge in [0.2, 0.25) is 5.91 Å². The highest BCUT2D eigenvalue weighted by Gasteiger charge is 2.41. The maximum Gasteiger partial charge on any atom is 0.236 e. The lowest BCUT2D eigenvalue weighted by Gasteiger charge is -2.35. The predicted octanol–water partition coefficient (Wildman–Crippen LogP) is 2.99. The number of carbonyl (C=O) groups excluding carboxylic acids is 1. The first-order chi connectivity index (χ1) is 10.5. The zero-order valence-electron chi connectivity index (χ0n) is 11.9. The van der Waals surface area contributed by atoms with Gasteiger partial charge in [0.1, 0.15) is 11.6 Å². The molecule has 1 N–H and O–H groups in total. The van der Waals surface area contributed by atoms with Crippen LogP contribution < -0.4 is 5.32 Å². The maximum absolute atomic E-state index is 13.6. The van der Waals surface area contributed by atoms with E-state index in [0.29, 0.717) is 18.3 Å². The molecule has 0 bridgehead atoms. The molecular formula is C15H14F2N2O2S. The molecule has 1 aliphatic heterocycles. The van der Waals surface area contributed by atoms with Crippen LogP contribution in [0.4, 0.5) is 13.9 Å². The predicted molar refractivity (Wildman–Crippen MR) is 78.8 cm³/mol. The van der Waals surface area contributed by atoms with Crippen molar-refractivity contribution in [3.63, 3.8) is 0 Å². The van der Waals surface area contributed by atoms with Crippen LogP contribution in [0, 0.1) is 17.0 Å². The van der Waals surface area contributed by atoms with Crippen molar-refractivity contribution < 1.29 is 18.3 Å². The number of rotatable bonds is 4. The molecule has 0 radical (unpaired) electrons. The number of hydrogen-bond acceptors (Lipinski definition) is 4. The Balaban J connectivity index is 1.68. The van der Waals surface area contributed by atoms with Crippen molar-refractivity contribution in [1.82, 2.24) is 4.98 Å². The lowest BCUT2D eigenvalue weighted by molar-refractivity contribution is -0.151. The van der Waals surface area contributed by atoms with Crippen LogP contribution in [0.3, 0.4) is 0 Å². The van der Waals surface area contributed by atoms with Crippen LogP contribution in [-0.4, -0.2) is 24.1 Å². The summed E-state index contributed by atoms with van der Waals surface area (Å²) < 4.78 is 31.8. The van der Waals surface area contributed by atoms with Crippen LogP contribution in [0.25, 0.3) is 0 Å². The summed E-state index contributed by atoms with van der Waals surface area (Å²) in [5.41, 5.74) is -0.249. The number of carbonyl (C=O) groups is 1. The summed E-state index contributed by atoms with van der Waals surface area (Å²) in [6.45, 7) is 2.61. The molecule has 1 saturated heterocycles. The topological polar surface area (TPSA) is 51.2 Å². The molecule has 1 amide bonds. The molecule has 3 rings (SSSR count). The molecule has 2 heterocycles. The Morgan fingerprint density at radius 2 is 2.23 bits per heavy atom. The molecule has 4 nitrogen and oxygen atoms in total. The van der Waals surface area contributed by atoms with E-state index in [1.807, 2.05) is 6.92 Å². The summed E-state index contributed by atoms with van der Waals surface area (Å²) in [7, 11) is 0. The van der Waals surface area contributed by atoms with Crippen molar-refractivity contribution in [2.45, 2.75) is 13.3 Å². The van der Waals surface area contributed by atoms with Crippen molar-refractivity contribution in [2.75, 3.05) is 18.5 Å². The minimum absolute atomic E-state index is 0.142. The van der Waals surface area contributed by atoms with Gasteiger partial charge in [0.25, 0.3) is 0 Å². The van der Waals surface area contributed by atoms with Crippen LogP contribution >= 0.6 is 11.3 Å². The summed E-state index contributed by atoms with van der Waals surface area (Å²) in [4.78, 5) is 16.9. The first-order valence-electron chi connectivity index (χ1n) is 6.74. The molecule has 1 aromatic heterocycles. The van der Waals surface area contributed by atoms with Gasteiger partial charge in [0.05, 0.1) is 18.6 Å². The molecule has 1 fully saturated rings. The van der Waals surface area contributed by atoms with Gasteiger partial charge in [-0.05, 0) is 30.7 Å². The molecule has 2 aromatic rings. The van der Waals surface area contributed by atoms with Gasteiger partial charge in [-0.2, -0.15) is 0 Å². The van der Waals surface area contributed by atoms with E-state index < -0.39 is 17.0 Å². The quantitative estimate of drug-likeness (QED) is 0.941. The highest BCUT2D eigenvalue weighted by Crippen LogP contribution is 2.29. The van der Waals surface area contributed by atoms with Crippen molar-refractivity contribution in [3.05, 3.63) is 46.5 Å². The van der Waals surface area contributed by atoms with Crippen molar-refractivity contribution >= 4 is 22.4 Å². The average molecular weight is 324 g/mol. The largest absolute Gasteiger partial charge is 0.379 e. The number of amides is 1. The molecule has 0 saturated carbocycles. The van der Waals surface area contributed by atoms with Gasteiger partial charge in [-0.3, -0.25) is 4.79 Å². The highest BCUT2D eigenvalue weighted by atomic mass is 32.1. The molecular weight excluding hydrogens is 310 g/mol. The number of anilines is 1. The van der Waals surface area contributed by atoms with Crippen LogP contribution in [0.2, 0.25) is 0 Å². The standard InChI is InChI=1S/C15H14F2N2O2S/c1-15(7-21-8-15)13(20)19-14-18-6-11(22-14)5-9-4-10(16)2-3-12(9)17/h2-4,6H,5,7-8H2,1H3,(H,18,19,20). The molecule has 0 atom stereocenters. The van der Waals surface area contributed by atoms with Gasteiger partial charge in [-0.1, -0.05) is 0 Å². The molecule has 22 heavy (non-hydrogen) atoms. The van der Waals surface area contributed by atoms with Crippen LogP contribution in [0.1, 0.15) is 17.4 Å². The lowest BCUT2D eigenvalue weighted by atomic mass is 9.88. The fourth-order valence-corrected chi connectivity index (χ4v) is 2.93. The third kappa shape index (κ3) is 3.00. The maximum atomic E-state index is 13.6. The number of aromatic nitrogens is 1. The van der Waals surface area contributed by atoms with Crippen LogP contribution in [0.5, 0.6) is 0 Å². The van der Waals surface area contributed by atoms with E-state index in [4.69, 9.17) is 4.74 Å². The summed E-state index contributed by atoms with van der Waals surface area (Å²) >= 11 is 1.25. The normalized spacial score (nSPS) is 16.1. The zero-order chi connectivity index (χ0) is 15.7. The number of thiazole rings is 1. The van der Waals surface area contributed by atoms with Crippen LogP contribution in [-0.2, 0) is 16.0 Å². The first kappa shape index (κ1) is 15.1. The van der Waals surface area contributed by atoms with Gasteiger partial charge in [0.15, 0.2) is 5.13 Å². The van der Waals surface area contributed by atoms with Crippen LogP contribution in [0.15, 0.2) is 24.4 Å². The summed E-state index contributed by atoms with van der Waals surface area (Å²) in [5.74, 6) is -1.08. The monoisotopic (exact) mass is 324 g/mol. The smallest absolute Gasteiger partial charge is 0.236 e. The Bertz CT molecular complexity index is 713. The number of nitrogens with zero attached hydrogens (tertiary/aromatic N) is 1. The van der Waals surface area contributed by atoms with Gasteiger partial charge in [-0.25, -0.2) is 13.8 Å². The fraction of sp³-hybridized carbons (Fsp3) is 0.333. The minimum Gasteiger partial charge on any atom is -0.379 e. The molecule has 0 unspecified atom stereocenters. The second-order valence-electron chi connectivity index (χ2n) is 5.55. The Labute approximate surface area is 130 Å². The number of halogens is 2. The summed E-state index contributed by atoms with van der Waals surface area (Å²) in [5, 5.41) is 3.19. The number of nitrogens with one attached hydrogen (secondary N) is 1. The van der Waals surface area contributed by atoms with Gasteiger partial charge in [-0.15, -0.1) is 11.3 Å². The van der Waals surface area contributed by atoms with E-state index in [-0.39, 0.29) is 17.9 Å². The Morgan fingerprint density at radius 1 is 1.45 bits per heavy atom. The van der Waals surface area contributed by atoms with E-state index in [2.05, 4.69) is 10.3 Å². The van der Waals surface area contributed by atoms with E-state index in [1.165, 1.54) is 17.4 Å². The first-order valence-corrected chi connectivity index (χ1v) is 7.56. The molecule has 1 aromatic carbocycles. The molecule has 7 heteroatoms. The molecule has 116 valence electrons.